The Morgan fingerprint density at radius 2 is 2.22 bits per heavy atom. The summed E-state index contributed by atoms with van der Waals surface area (Å²) in [4.78, 5) is 8.23. The summed E-state index contributed by atoms with van der Waals surface area (Å²) in [6, 6.07) is 0. The number of nitrogens with one attached hydrogen (secondary N) is 1. The predicted molar refractivity (Wildman–Crippen MR) is 69.6 cm³/mol. The zero-order valence-corrected chi connectivity index (χ0v) is 11.1. The Hall–Kier alpha value is -1.69. The van der Waals surface area contributed by atoms with Gasteiger partial charge in [-0.05, 0) is 5.92 Å². The summed E-state index contributed by atoms with van der Waals surface area (Å²) in [5, 5.41) is 11.4. The summed E-state index contributed by atoms with van der Waals surface area (Å²) in [7, 11) is 0. The fraction of sp³-hybridized carbons (Fsp3) is 0.455. The summed E-state index contributed by atoms with van der Waals surface area (Å²) < 4.78 is 1.75. The van der Waals surface area contributed by atoms with Crippen molar-refractivity contribution in [2.75, 3.05) is 11.9 Å². The molecular formula is C11H15ClN6. The largest absolute Gasteiger partial charge is 0.368 e. The Morgan fingerprint density at radius 1 is 1.39 bits per heavy atom. The van der Waals surface area contributed by atoms with Crippen molar-refractivity contribution in [1.29, 1.82) is 0 Å². The fourth-order valence-electron chi connectivity index (χ4n) is 1.67. The summed E-state index contributed by atoms with van der Waals surface area (Å²) in [6.07, 6.45) is 4.94. The molecule has 0 fully saturated rings. The van der Waals surface area contributed by atoms with Gasteiger partial charge in [0.05, 0.1) is 12.7 Å². The van der Waals surface area contributed by atoms with Gasteiger partial charge in [-0.2, -0.15) is 0 Å². The number of nitrogens with zero attached hydrogens (tertiary/aromatic N) is 5. The summed E-state index contributed by atoms with van der Waals surface area (Å²) in [5.74, 6) is 1.05. The van der Waals surface area contributed by atoms with Gasteiger partial charge >= 0.3 is 0 Å². The lowest BCUT2D eigenvalue weighted by molar-refractivity contribution is 0.607. The van der Waals surface area contributed by atoms with Gasteiger partial charge in [-0.15, -0.1) is 5.10 Å². The highest BCUT2D eigenvalue weighted by atomic mass is 35.5. The maximum absolute atomic E-state index is 6.08. The molecule has 7 heteroatoms. The summed E-state index contributed by atoms with van der Waals surface area (Å²) in [6.45, 7) is 5.55. The molecule has 0 aromatic carbocycles. The van der Waals surface area contributed by atoms with Gasteiger partial charge in [0.15, 0.2) is 0 Å². The van der Waals surface area contributed by atoms with Crippen molar-refractivity contribution in [3.63, 3.8) is 0 Å². The van der Waals surface area contributed by atoms with Crippen molar-refractivity contribution in [1.82, 2.24) is 25.0 Å². The van der Waals surface area contributed by atoms with Crippen molar-refractivity contribution in [3.05, 3.63) is 29.4 Å². The number of anilines is 1. The van der Waals surface area contributed by atoms with E-state index in [1.165, 1.54) is 6.33 Å². The molecule has 18 heavy (non-hydrogen) atoms. The van der Waals surface area contributed by atoms with Gasteiger partial charge < -0.3 is 5.32 Å². The normalized spacial score (nSPS) is 10.9. The zero-order chi connectivity index (χ0) is 13.0. The van der Waals surface area contributed by atoms with E-state index in [9.17, 15) is 0 Å². The van der Waals surface area contributed by atoms with Crippen LogP contribution in [0.2, 0.25) is 5.15 Å². The quantitative estimate of drug-likeness (QED) is 0.838. The topological polar surface area (TPSA) is 68.5 Å². The zero-order valence-electron chi connectivity index (χ0n) is 10.3. The van der Waals surface area contributed by atoms with Gasteiger partial charge in [0.2, 0.25) is 0 Å². The van der Waals surface area contributed by atoms with Gasteiger partial charge in [-0.25, -0.2) is 9.97 Å². The number of hydrogen-bond acceptors (Lipinski definition) is 5. The Kier molecular flexibility index (Phi) is 4.09. The first-order valence-electron chi connectivity index (χ1n) is 5.77. The molecule has 0 bridgehead atoms. The molecule has 2 aromatic rings. The number of aromatic nitrogens is 5. The number of rotatable bonds is 5. The fourth-order valence-corrected chi connectivity index (χ4v) is 2.02. The molecule has 2 aromatic heterocycles. The molecule has 0 spiro atoms. The minimum absolute atomic E-state index is 0.271. The van der Waals surface area contributed by atoms with Crippen LogP contribution in [0.25, 0.3) is 0 Å². The predicted octanol–water partition coefficient (Wildman–Crippen LogP) is 1.96. The van der Waals surface area contributed by atoms with Gasteiger partial charge in [0.25, 0.3) is 0 Å². The average molecular weight is 267 g/mol. The van der Waals surface area contributed by atoms with E-state index in [0.29, 0.717) is 11.7 Å². The molecular weight excluding hydrogens is 252 g/mol. The van der Waals surface area contributed by atoms with Crippen LogP contribution in [-0.4, -0.2) is 31.5 Å². The van der Waals surface area contributed by atoms with Crippen molar-refractivity contribution in [3.8, 4) is 0 Å². The lowest BCUT2D eigenvalue weighted by atomic mass is 10.1. The first kappa shape index (κ1) is 12.8. The van der Waals surface area contributed by atoms with Gasteiger partial charge in [-0.1, -0.05) is 30.7 Å². The van der Waals surface area contributed by atoms with E-state index in [4.69, 9.17) is 11.6 Å². The van der Waals surface area contributed by atoms with Crippen LogP contribution in [0, 0.1) is 0 Å². The van der Waals surface area contributed by atoms with Crippen LogP contribution in [0.4, 0.5) is 5.82 Å². The minimum Gasteiger partial charge on any atom is -0.368 e. The summed E-state index contributed by atoms with van der Waals surface area (Å²) >= 11 is 6.08. The molecule has 0 aliphatic heterocycles. The van der Waals surface area contributed by atoms with Gasteiger partial charge in [-0.3, -0.25) is 4.68 Å². The highest BCUT2D eigenvalue weighted by Gasteiger charge is 2.12. The number of halogens is 1. The van der Waals surface area contributed by atoms with Crippen molar-refractivity contribution < 1.29 is 0 Å². The molecule has 0 saturated heterocycles. The average Bonchev–Trinajstić information content (AvgIpc) is 2.81. The molecule has 0 radical (unpaired) electrons. The molecule has 0 atom stereocenters. The second kappa shape index (κ2) is 5.77. The van der Waals surface area contributed by atoms with Crippen molar-refractivity contribution >= 4 is 17.4 Å². The Balaban J connectivity index is 2.03. The van der Waals surface area contributed by atoms with E-state index in [-0.39, 0.29) is 5.92 Å². The van der Waals surface area contributed by atoms with Crippen LogP contribution >= 0.6 is 11.6 Å². The lowest BCUT2D eigenvalue weighted by Crippen LogP contribution is -2.14. The molecule has 0 amide bonds. The molecule has 0 unspecified atom stereocenters. The van der Waals surface area contributed by atoms with Crippen molar-refractivity contribution in [2.24, 2.45) is 0 Å². The Morgan fingerprint density at radius 3 is 2.89 bits per heavy atom. The first-order valence-corrected chi connectivity index (χ1v) is 6.14. The van der Waals surface area contributed by atoms with E-state index in [2.05, 4.69) is 39.4 Å². The highest BCUT2D eigenvalue weighted by molar-refractivity contribution is 6.30. The van der Waals surface area contributed by atoms with Crippen LogP contribution in [0.5, 0.6) is 0 Å². The van der Waals surface area contributed by atoms with Crippen LogP contribution in [-0.2, 0) is 6.54 Å². The standard InChI is InChI=1S/C11H15ClN6/c1-8(2)9-10(12)14-7-15-11(9)13-3-5-18-6-4-16-17-18/h4,6-8H,3,5H2,1-2H3,(H,13,14,15). The molecule has 0 aliphatic carbocycles. The van der Waals surface area contributed by atoms with E-state index in [0.717, 1.165) is 17.9 Å². The van der Waals surface area contributed by atoms with Gasteiger partial charge in [0, 0.05) is 18.3 Å². The monoisotopic (exact) mass is 266 g/mol. The second-order valence-electron chi connectivity index (χ2n) is 4.17. The van der Waals surface area contributed by atoms with Gasteiger partial charge in [0.1, 0.15) is 17.3 Å². The maximum Gasteiger partial charge on any atom is 0.138 e. The van der Waals surface area contributed by atoms with Crippen LogP contribution in [0.3, 0.4) is 0 Å². The van der Waals surface area contributed by atoms with Crippen LogP contribution in [0.15, 0.2) is 18.7 Å². The molecule has 2 rings (SSSR count). The van der Waals surface area contributed by atoms with Crippen molar-refractivity contribution in [2.45, 2.75) is 26.3 Å². The van der Waals surface area contributed by atoms with E-state index in [1.807, 2.05) is 6.20 Å². The lowest BCUT2D eigenvalue weighted by Gasteiger charge is -2.14. The first-order chi connectivity index (χ1) is 8.68. The SMILES string of the molecule is CC(C)c1c(Cl)ncnc1NCCn1ccnn1. The maximum atomic E-state index is 6.08. The smallest absolute Gasteiger partial charge is 0.138 e. The Bertz CT molecular complexity index is 496. The summed E-state index contributed by atoms with van der Waals surface area (Å²) in [5.41, 5.74) is 0.942. The third-order valence-corrected chi connectivity index (χ3v) is 2.82. The third-order valence-electron chi connectivity index (χ3n) is 2.52. The molecule has 1 N–H and O–H groups in total. The second-order valence-corrected chi connectivity index (χ2v) is 4.53. The van der Waals surface area contributed by atoms with Crippen LogP contribution in [0.1, 0.15) is 25.3 Å². The Labute approximate surface area is 110 Å². The third kappa shape index (κ3) is 2.95. The molecule has 2 heterocycles. The number of hydrogen-bond donors (Lipinski definition) is 1. The molecule has 96 valence electrons. The molecule has 0 aliphatic rings. The van der Waals surface area contributed by atoms with E-state index >= 15 is 0 Å². The van der Waals surface area contributed by atoms with E-state index < -0.39 is 0 Å². The molecule has 0 saturated carbocycles. The minimum atomic E-state index is 0.271. The highest BCUT2D eigenvalue weighted by Crippen LogP contribution is 2.27. The van der Waals surface area contributed by atoms with E-state index in [1.54, 1.807) is 10.9 Å². The van der Waals surface area contributed by atoms with Crippen LogP contribution < -0.4 is 5.32 Å². The molecule has 6 nitrogen and oxygen atoms in total.